The highest BCUT2D eigenvalue weighted by molar-refractivity contribution is 7.85. The van der Waals surface area contributed by atoms with Crippen molar-refractivity contribution < 1.29 is 17.7 Å². The molecule has 0 atom stereocenters. The van der Waals surface area contributed by atoms with Crippen LogP contribution in [0.25, 0.3) is 0 Å². The summed E-state index contributed by atoms with van der Waals surface area (Å²) in [5.74, 6) is 0.639. The first-order valence-corrected chi connectivity index (χ1v) is 14.7. The molecule has 0 aliphatic rings. The van der Waals surface area contributed by atoms with Crippen LogP contribution in [0, 0.1) is 0 Å². The second-order valence-electron chi connectivity index (χ2n) is 9.16. The molecule has 32 heavy (non-hydrogen) atoms. The van der Waals surface area contributed by atoms with E-state index in [2.05, 4.69) is 6.92 Å². The molecule has 0 radical (unpaired) electrons. The summed E-state index contributed by atoms with van der Waals surface area (Å²) in [6.07, 6.45) is 25.9. The summed E-state index contributed by atoms with van der Waals surface area (Å²) in [7, 11) is -4.13. The molecule has 0 saturated heterocycles. The largest absolute Gasteiger partial charge is 0.494 e. The van der Waals surface area contributed by atoms with Crippen LogP contribution in [-0.2, 0) is 10.1 Å². The Labute approximate surface area is 198 Å². The molecular weight excluding hydrogens is 420 g/mol. The molecular formula is C27H48O4S. The molecule has 1 rings (SSSR count). The smallest absolute Gasteiger partial charge is 0.294 e. The van der Waals surface area contributed by atoms with Gasteiger partial charge < -0.3 is 4.74 Å². The summed E-state index contributed by atoms with van der Waals surface area (Å²) in [4.78, 5) is -0.103. The predicted molar refractivity (Wildman–Crippen MR) is 135 cm³/mol. The average molecular weight is 469 g/mol. The quantitative estimate of drug-likeness (QED) is 0.136. The molecule has 186 valence electrons. The summed E-state index contributed by atoms with van der Waals surface area (Å²) < 4.78 is 36.6. The van der Waals surface area contributed by atoms with Crippen molar-refractivity contribution in [3.05, 3.63) is 24.3 Å². The third-order valence-electron chi connectivity index (χ3n) is 6.14. The van der Waals surface area contributed by atoms with E-state index in [4.69, 9.17) is 9.29 Å². The predicted octanol–water partition coefficient (Wildman–Crippen LogP) is 8.74. The van der Waals surface area contributed by atoms with Gasteiger partial charge in [-0.25, -0.2) is 0 Å². The molecule has 0 aromatic heterocycles. The van der Waals surface area contributed by atoms with Crippen molar-refractivity contribution >= 4 is 10.1 Å². The lowest BCUT2D eigenvalue weighted by molar-refractivity contribution is 0.304. The van der Waals surface area contributed by atoms with Gasteiger partial charge in [0, 0.05) is 0 Å². The van der Waals surface area contributed by atoms with Crippen LogP contribution in [0.3, 0.4) is 0 Å². The van der Waals surface area contributed by atoms with Crippen LogP contribution in [0.15, 0.2) is 29.2 Å². The molecule has 1 aromatic carbocycles. The number of ether oxygens (including phenoxy) is 1. The molecule has 5 heteroatoms. The van der Waals surface area contributed by atoms with Crippen molar-refractivity contribution in [1.82, 2.24) is 0 Å². The molecule has 0 spiro atoms. The molecule has 1 N–H and O–H groups in total. The first-order chi connectivity index (χ1) is 15.5. The summed E-state index contributed by atoms with van der Waals surface area (Å²) >= 11 is 0. The standard InChI is InChI=1S/C27H48O4S/c1-2-3-4-5-6-7-8-9-10-11-12-13-14-15-16-17-18-19-20-25-31-26-21-23-27(24-22-26)32(28,29)30/h21-24H,2-20,25H2,1H3,(H,28,29,30). The maximum atomic E-state index is 11.0. The molecule has 0 aliphatic heterocycles. The van der Waals surface area contributed by atoms with Gasteiger partial charge in [-0.2, -0.15) is 8.42 Å². The third-order valence-corrected chi connectivity index (χ3v) is 7.01. The van der Waals surface area contributed by atoms with Crippen molar-refractivity contribution in [2.75, 3.05) is 6.61 Å². The molecule has 4 nitrogen and oxygen atoms in total. The maximum absolute atomic E-state index is 11.0. The molecule has 0 heterocycles. The highest BCUT2D eigenvalue weighted by Gasteiger charge is 2.08. The Balaban J connectivity index is 1.78. The SMILES string of the molecule is CCCCCCCCCCCCCCCCCCCCCOc1ccc(S(=O)(=O)O)cc1. The monoisotopic (exact) mass is 468 g/mol. The number of rotatable bonds is 22. The number of hydrogen-bond donors (Lipinski definition) is 1. The van der Waals surface area contributed by atoms with Crippen molar-refractivity contribution in [3.8, 4) is 5.75 Å². The van der Waals surface area contributed by atoms with Gasteiger partial charge in [-0.05, 0) is 30.7 Å². The Kier molecular flexibility index (Phi) is 17.6. The van der Waals surface area contributed by atoms with Gasteiger partial charge >= 0.3 is 0 Å². The van der Waals surface area contributed by atoms with Gasteiger partial charge in [0.2, 0.25) is 0 Å². The van der Waals surface area contributed by atoms with Gasteiger partial charge in [0.25, 0.3) is 10.1 Å². The molecule has 0 amide bonds. The molecule has 0 bridgehead atoms. The fourth-order valence-electron chi connectivity index (χ4n) is 4.08. The molecule has 0 unspecified atom stereocenters. The van der Waals surface area contributed by atoms with Gasteiger partial charge in [0.05, 0.1) is 11.5 Å². The highest BCUT2D eigenvalue weighted by Crippen LogP contribution is 2.17. The van der Waals surface area contributed by atoms with Crippen LogP contribution >= 0.6 is 0 Å². The van der Waals surface area contributed by atoms with Crippen molar-refractivity contribution in [1.29, 1.82) is 0 Å². The Hall–Kier alpha value is -1.07. The Morgan fingerprint density at radius 2 is 0.938 bits per heavy atom. The topological polar surface area (TPSA) is 63.6 Å². The van der Waals surface area contributed by atoms with E-state index in [-0.39, 0.29) is 4.90 Å². The van der Waals surface area contributed by atoms with Crippen molar-refractivity contribution in [3.63, 3.8) is 0 Å². The highest BCUT2D eigenvalue weighted by atomic mass is 32.2. The normalized spacial score (nSPS) is 11.7. The van der Waals surface area contributed by atoms with Gasteiger partial charge in [-0.3, -0.25) is 4.55 Å². The number of unbranched alkanes of at least 4 members (excludes halogenated alkanes) is 18. The van der Waals surface area contributed by atoms with E-state index < -0.39 is 10.1 Å². The number of hydrogen-bond acceptors (Lipinski definition) is 3. The summed E-state index contributed by atoms with van der Waals surface area (Å²) in [6.45, 7) is 2.92. The zero-order valence-corrected chi connectivity index (χ0v) is 21.3. The lowest BCUT2D eigenvalue weighted by Crippen LogP contribution is -2.00. The van der Waals surface area contributed by atoms with E-state index in [0.717, 1.165) is 6.42 Å². The van der Waals surface area contributed by atoms with E-state index in [1.165, 1.54) is 128 Å². The van der Waals surface area contributed by atoms with Crippen molar-refractivity contribution in [2.24, 2.45) is 0 Å². The number of benzene rings is 1. The van der Waals surface area contributed by atoms with E-state index in [1.807, 2.05) is 0 Å². The first-order valence-electron chi connectivity index (χ1n) is 13.2. The van der Waals surface area contributed by atoms with Crippen LogP contribution in [-0.4, -0.2) is 19.6 Å². The Morgan fingerprint density at radius 1 is 0.594 bits per heavy atom. The van der Waals surface area contributed by atoms with Crippen LogP contribution in [0.4, 0.5) is 0 Å². The zero-order valence-electron chi connectivity index (χ0n) is 20.5. The minimum atomic E-state index is -4.13. The van der Waals surface area contributed by atoms with E-state index in [9.17, 15) is 8.42 Å². The Bertz CT molecular complexity index is 640. The summed E-state index contributed by atoms with van der Waals surface area (Å²) in [5.41, 5.74) is 0. The zero-order chi connectivity index (χ0) is 23.3. The van der Waals surface area contributed by atoms with E-state index in [1.54, 1.807) is 12.1 Å². The Morgan fingerprint density at radius 3 is 1.28 bits per heavy atom. The second kappa shape index (κ2) is 19.4. The maximum Gasteiger partial charge on any atom is 0.294 e. The lowest BCUT2D eigenvalue weighted by atomic mass is 10.0. The fraction of sp³-hybridized carbons (Fsp3) is 0.778. The summed E-state index contributed by atoms with van der Waals surface area (Å²) in [6, 6.07) is 5.89. The lowest BCUT2D eigenvalue weighted by Gasteiger charge is -2.07. The third kappa shape index (κ3) is 16.5. The second-order valence-corrected chi connectivity index (χ2v) is 10.6. The minimum Gasteiger partial charge on any atom is -0.494 e. The van der Waals surface area contributed by atoms with Crippen LogP contribution in [0.5, 0.6) is 5.75 Å². The van der Waals surface area contributed by atoms with Crippen LogP contribution in [0.1, 0.15) is 129 Å². The van der Waals surface area contributed by atoms with Gasteiger partial charge in [0.1, 0.15) is 5.75 Å². The van der Waals surface area contributed by atoms with Crippen molar-refractivity contribution in [2.45, 2.75) is 134 Å². The van der Waals surface area contributed by atoms with Gasteiger partial charge in [-0.1, -0.05) is 122 Å². The minimum absolute atomic E-state index is 0.103. The molecule has 0 saturated carbocycles. The van der Waals surface area contributed by atoms with Gasteiger partial charge in [-0.15, -0.1) is 0 Å². The van der Waals surface area contributed by atoms with Gasteiger partial charge in [0.15, 0.2) is 0 Å². The fourth-order valence-corrected chi connectivity index (χ4v) is 4.56. The molecule has 0 fully saturated rings. The molecule has 0 aliphatic carbocycles. The first kappa shape index (κ1) is 29.0. The van der Waals surface area contributed by atoms with Crippen LogP contribution < -0.4 is 4.74 Å². The summed E-state index contributed by atoms with van der Waals surface area (Å²) in [5, 5.41) is 0. The molecule has 1 aromatic rings. The average Bonchev–Trinajstić information content (AvgIpc) is 2.77. The van der Waals surface area contributed by atoms with Crippen LogP contribution in [0.2, 0.25) is 0 Å². The van der Waals surface area contributed by atoms with E-state index in [0.29, 0.717) is 12.4 Å². The van der Waals surface area contributed by atoms with E-state index >= 15 is 0 Å².